The lowest BCUT2D eigenvalue weighted by Gasteiger charge is -2.38. The second-order valence-corrected chi connectivity index (χ2v) is 10.5. The molecule has 7 nitrogen and oxygen atoms in total. The summed E-state index contributed by atoms with van der Waals surface area (Å²) in [5, 5.41) is 6.46. The number of benzene rings is 1. The van der Waals surface area contributed by atoms with E-state index >= 15 is 0 Å². The Morgan fingerprint density at radius 3 is 2.48 bits per heavy atom. The summed E-state index contributed by atoms with van der Waals surface area (Å²) in [5.74, 6) is 1.24. The van der Waals surface area contributed by atoms with E-state index in [1.807, 2.05) is 25.7 Å². The summed E-state index contributed by atoms with van der Waals surface area (Å²) in [6.07, 6.45) is 4.53. The minimum atomic E-state index is -0.463. The molecule has 0 spiro atoms. The van der Waals surface area contributed by atoms with Gasteiger partial charge in [-0.05, 0) is 65.0 Å². The van der Waals surface area contributed by atoms with Gasteiger partial charge in [0.25, 0.3) is 0 Å². The molecule has 3 aliphatic rings. The Morgan fingerprint density at radius 1 is 1.16 bits per heavy atom. The maximum absolute atomic E-state index is 12.5. The predicted octanol–water partition coefficient (Wildman–Crippen LogP) is 3.88. The number of amides is 1. The molecule has 2 aromatic rings. The van der Waals surface area contributed by atoms with Crippen molar-refractivity contribution in [2.75, 3.05) is 37.6 Å². The lowest BCUT2D eigenvalue weighted by Crippen LogP contribution is -2.50. The minimum Gasteiger partial charge on any atom is -0.444 e. The molecule has 31 heavy (non-hydrogen) atoms. The van der Waals surface area contributed by atoms with Crippen LogP contribution in [0.4, 0.5) is 10.5 Å². The average Bonchev–Trinajstić information content (AvgIpc) is 3.47. The normalized spacial score (nSPS) is 24.4. The molecule has 0 bridgehead atoms. The van der Waals surface area contributed by atoms with E-state index in [1.54, 1.807) is 0 Å². The van der Waals surface area contributed by atoms with E-state index in [9.17, 15) is 4.79 Å². The SMILES string of the molecule is CC(C)(C)OC(=O)N1CCN(c2cccc3c(C4CC4)nn(C4CC(CN)C4)c23)CC1. The number of aromatic nitrogens is 2. The Hall–Kier alpha value is -2.28. The summed E-state index contributed by atoms with van der Waals surface area (Å²) >= 11 is 0. The highest BCUT2D eigenvalue weighted by atomic mass is 16.6. The fraction of sp³-hybridized carbons (Fsp3) is 0.667. The third-order valence-electron chi connectivity index (χ3n) is 6.86. The van der Waals surface area contributed by atoms with E-state index in [-0.39, 0.29) is 6.09 Å². The number of para-hydroxylation sites is 1. The number of carbonyl (C=O) groups excluding carboxylic acids is 1. The fourth-order valence-electron chi connectivity index (χ4n) is 4.93. The summed E-state index contributed by atoms with van der Waals surface area (Å²) in [4.78, 5) is 16.7. The number of anilines is 1. The smallest absolute Gasteiger partial charge is 0.410 e. The molecule has 0 unspecified atom stereocenters. The van der Waals surface area contributed by atoms with Crippen molar-refractivity contribution in [1.29, 1.82) is 0 Å². The number of hydrogen-bond acceptors (Lipinski definition) is 5. The maximum atomic E-state index is 12.5. The molecular formula is C24H35N5O2. The Balaban J connectivity index is 1.40. The highest BCUT2D eigenvalue weighted by Gasteiger charge is 2.36. The van der Waals surface area contributed by atoms with Crippen LogP contribution in [0.5, 0.6) is 0 Å². The third kappa shape index (κ3) is 4.00. The molecule has 2 saturated carbocycles. The Kier molecular flexibility index (Phi) is 5.12. The van der Waals surface area contributed by atoms with Crippen LogP contribution in [0.3, 0.4) is 0 Å². The van der Waals surface area contributed by atoms with Crippen molar-refractivity contribution >= 4 is 22.7 Å². The van der Waals surface area contributed by atoms with Gasteiger partial charge >= 0.3 is 6.09 Å². The van der Waals surface area contributed by atoms with Gasteiger partial charge in [-0.3, -0.25) is 4.68 Å². The number of piperazine rings is 1. The molecule has 1 aromatic heterocycles. The monoisotopic (exact) mass is 425 g/mol. The number of ether oxygens (including phenoxy) is 1. The zero-order chi connectivity index (χ0) is 21.8. The van der Waals surface area contributed by atoms with Gasteiger partial charge in [-0.2, -0.15) is 5.10 Å². The van der Waals surface area contributed by atoms with Gasteiger partial charge in [-0.25, -0.2) is 4.79 Å². The molecular weight excluding hydrogens is 390 g/mol. The van der Waals surface area contributed by atoms with E-state index < -0.39 is 5.60 Å². The summed E-state index contributed by atoms with van der Waals surface area (Å²) in [6, 6.07) is 7.08. The van der Waals surface area contributed by atoms with Gasteiger partial charge in [0.05, 0.1) is 22.9 Å². The molecule has 5 rings (SSSR count). The van der Waals surface area contributed by atoms with E-state index in [4.69, 9.17) is 15.6 Å². The molecule has 1 aromatic carbocycles. The van der Waals surface area contributed by atoms with Crippen LogP contribution < -0.4 is 10.6 Å². The molecule has 2 heterocycles. The molecule has 1 aliphatic heterocycles. The molecule has 0 radical (unpaired) electrons. The van der Waals surface area contributed by atoms with Crippen LogP contribution >= 0.6 is 0 Å². The molecule has 7 heteroatoms. The summed E-state index contributed by atoms with van der Waals surface area (Å²) in [7, 11) is 0. The van der Waals surface area contributed by atoms with Gasteiger partial charge in [-0.15, -0.1) is 0 Å². The van der Waals surface area contributed by atoms with Crippen molar-refractivity contribution in [3.8, 4) is 0 Å². The Labute approximate surface area is 184 Å². The van der Waals surface area contributed by atoms with E-state index in [0.717, 1.165) is 32.5 Å². The van der Waals surface area contributed by atoms with E-state index in [1.165, 1.54) is 35.1 Å². The van der Waals surface area contributed by atoms with Gasteiger partial charge in [0, 0.05) is 37.5 Å². The van der Waals surface area contributed by atoms with Crippen molar-refractivity contribution in [3.05, 3.63) is 23.9 Å². The van der Waals surface area contributed by atoms with Crippen molar-refractivity contribution < 1.29 is 9.53 Å². The molecule has 2 aliphatic carbocycles. The number of hydrogen-bond donors (Lipinski definition) is 1. The molecule has 1 amide bonds. The molecule has 1 saturated heterocycles. The van der Waals surface area contributed by atoms with Crippen LogP contribution in [-0.4, -0.2) is 59.1 Å². The fourth-order valence-corrected chi connectivity index (χ4v) is 4.93. The predicted molar refractivity (Wildman–Crippen MR) is 123 cm³/mol. The second kappa shape index (κ2) is 7.69. The first-order valence-corrected chi connectivity index (χ1v) is 11.8. The van der Waals surface area contributed by atoms with Crippen LogP contribution in [0.15, 0.2) is 18.2 Å². The number of nitrogens with zero attached hydrogens (tertiary/aromatic N) is 4. The minimum absolute atomic E-state index is 0.214. The van der Waals surface area contributed by atoms with Crippen LogP contribution in [0.2, 0.25) is 0 Å². The van der Waals surface area contributed by atoms with Crippen LogP contribution in [0.1, 0.15) is 64.1 Å². The van der Waals surface area contributed by atoms with Gasteiger partial charge in [0.2, 0.25) is 0 Å². The Morgan fingerprint density at radius 2 is 1.87 bits per heavy atom. The third-order valence-corrected chi connectivity index (χ3v) is 6.86. The first kappa shape index (κ1) is 20.6. The molecule has 2 N–H and O–H groups in total. The van der Waals surface area contributed by atoms with Crippen LogP contribution in [0, 0.1) is 5.92 Å². The quantitative estimate of drug-likeness (QED) is 0.804. The molecule has 3 fully saturated rings. The summed E-state index contributed by atoms with van der Waals surface area (Å²) in [5.41, 5.74) is 9.23. The summed E-state index contributed by atoms with van der Waals surface area (Å²) in [6.45, 7) is 9.46. The zero-order valence-electron chi connectivity index (χ0n) is 19.0. The van der Waals surface area contributed by atoms with Crippen LogP contribution in [0.25, 0.3) is 10.9 Å². The maximum Gasteiger partial charge on any atom is 0.410 e. The Bertz CT molecular complexity index is 960. The highest BCUT2D eigenvalue weighted by molar-refractivity contribution is 5.94. The highest BCUT2D eigenvalue weighted by Crippen LogP contribution is 2.47. The summed E-state index contributed by atoms with van der Waals surface area (Å²) < 4.78 is 7.87. The topological polar surface area (TPSA) is 76.6 Å². The average molecular weight is 426 g/mol. The number of fused-ring (bicyclic) bond motifs is 1. The van der Waals surface area contributed by atoms with Crippen LogP contribution in [-0.2, 0) is 4.74 Å². The van der Waals surface area contributed by atoms with Crippen molar-refractivity contribution in [2.45, 2.75) is 64.0 Å². The van der Waals surface area contributed by atoms with E-state index in [0.29, 0.717) is 31.0 Å². The lowest BCUT2D eigenvalue weighted by atomic mass is 9.80. The number of carbonyl (C=O) groups is 1. The molecule has 0 atom stereocenters. The number of nitrogens with two attached hydrogens (primary N) is 1. The zero-order valence-corrected chi connectivity index (χ0v) is 19.0. The van der Waals surface area contributed by atoms with Crippen molar-refractivity contribution in [2.24, 2.45) is 11.7 Å². The first-order chi connectivity index (χ1) is 14.8. The van der Waals surface area contributed by atoms with Crippen molar-refractivity contribution in [1.82, 2.24) is 14.7 Å². The van der Waals surface area contributed by atoms with Crippen molar-refractivity contribution in [3.63, 3.8) is 0 Å². The standard InChI is InChI=1S/C24H35N5O2/c1-24(2,3)31-23(30)28-11-9-27(10-12-28)20-6-4-5-19-21(17-7-8-17)26-29(22(19)20)18-13-16(14-18)15-25/h4-6,16-18H,7-15,25H2,1-3H3. The molecule has 168 valence electrons. The number of rotatable bonds is 4. The van der Waals surface area contributed by atoms with Gasteiger partial charge < -0.3 is 20.3 Å². The largest absolute Gasteiger partial charge is 0.444 e. The first-order valence-electron chi connectivity index (χ1n) is 11.8. The van der Waals surface area contributed by atoms with Gasteiger partial charge in [-0.1, -0.05) is 12.1 Å². The van der Waals surface area contributed by atoms with Gasteiger partial charge in [0.15, 0.2) is 0 Å². The lowest BCUT2D eigenvalue weighted by molar-refractivity contribution is 0.0240. The van der Waals surface area contributed by atoms with E-state index in [2.05, 4.69) is 27.8 Å². The second-order valence-electron chi connectivity index (χ2n) is 10.5. The van der Waals surface area contributed by atoms with Gasteiger partial charge in [0.1, 0.15) is 5.60 Å².